The van der Waals surface area contributed by atoms with E-state index < -0.39 is 0 Å². The molecule has 0 aliphatic heterocycles. The van der Waals surface area contributed by atoms with Crippen molar-refractivity contribution in [2.45, 2.75) is 39.7 Å². The summed E-state index contributed by atoms with van der Waals surface area (Å²) in [7, 11) is 0. The highest BCUT2D eigenvalue weighted by molar-refractivity contribution is 5.96. The number of carbonyl (C=O) groups excluding carboxylic acids is 1. The van der Waals surface area contributed by atoms with Crippen LogP contribution in [0, 0.1) is 6.92 Å². The van der Waals surface area contributed by atoms with Crippen LogP contribution in [0.2, 0.25) is 0 Å². The smallest absolute Gasteiger partial charge is 0.257 e. The lowest BCUT2D eigenvalue weighted by molar-refractivity contribution is 0.0933. The molecule has 1 heterocycles. The van der Waals surface area contributed by atoms with Gasteiger partial charge in [0, 0.05) is 0 Å². The molecule has 4 heteroatoms. The second kappa shape index (κ2) is 6.37. The highest BCUT2D eigenvalue weighted by atomic mass is 16.5. The number of aryl methyl sites for hydroxylation is 2. The van der Waals surface area contributed by atoms with Crippen LogP contribution in [0.5, 0.6) is 0 Å². The van der Waals surface area contributed by atoms with E-state index in [2.05, 4.69) is 17.4 Å². The van der Waals surface area contributed by atoms with Gasteiger partial charge in [-0.05, 0) is 25.3 Å². The van der Waals surface area contributed by atoms with Crippen molar-refractivity contribution >= 4 is 5.91 Å². The van der Waals surface area contributed by atoms with Crippen molar-refractivity contribution in [3.05, 3.63) is 52.9 Å². The number of carbonyl (C=O) groups is 1. The van der Waals surface area contributed by atoms with Crippen molar-refractivity contribution in [1.29, 1.82) is 0 Å². The summed E-state index contributed by atoms with van der Waals surface area (Å²) in [5.74, 6) is 0.457. The van der Waals surface area contributed by atoms with Gasteiger partial charge in [0.05, 0.1) is 11.7 Å². The van der Waals surface area contributed by atoms with E-state index in [4.69, 9.17) is 4.52 Å². The van der Waals surface area contributed by atoms with Gasteiger partial charge in [0.25, 0.3) is 5.91 Å². The van der Waals surface area contributed by atoms with Gasteiger partial charge in [-0.1, -0.05) is 49.3 Å². The second-order valence-corrected chi connectivity index (χ2v) is 4.76. The topological polar surface area (TPSA) is 55.1 Å². The summed E-state index contributed by atoms with van der Waals surface area (Å²) < 4.78 is 5.12. The first kappa shape index (κ1) is 14.3. The molecule has 0 bridgehead atoms. The van der Waals surface area contributed by atoms with E-state index in [9.17, 15) is 4.79 Å². The van der Waals surface area contributed by atoms with E-state index in [1.165, 1.54) is 0 Å². The normalized spacial score (nSPS) is 12.2. The molecule has 106 valence electrons. The maximum atomic E-state index is 12.4. The van der Waals surface area contributed by atoms with Crippen LogP contribution < -0.4 is 5.32 Å². The Labute approximate surface area is 119 Å². The fourth-order valence-corrected chi connectivity index (χ4v) is 2.29. The molecule has 0 aliphatic rings. The Kier molecular flexibility index (Phi) is 4.56. The monoisotopic (exact) mass is 272 g/mol. The molecule has 2 aromatic rings. The minimum Gasteiger partial charge on any atom is -0.361 e. The van der Waals surface area contributed by atoms with E-state index >= 15 is 0 Å². The number of benzene rings is 1. The minimum atomic E-state index is -0.115. The standard InChI is InChI=1S/C16H20N2O2/c1-4-13(12-9-7-6-8-10-12)17-16(19)15-11(3)20-18-14(15)5-2/h6-10,13H,4-5H2,1-3H3,(H,17,19)/t13-/m0/s1. The molecule has 0 saturated carbocycles. The van der Waals surface area contributed by atoms with Crippen molar-refractivity contribution in [2.24, 2.45) is 0 Å². The van der Waals surface area contributed by atoms with E-state index in [-0.39, 0.29) is 11.9 Å². The highest BCUT2D eigenvalue weighted by Gasteiger charge is 2.21. The third-order valence-electron chi connectivity index (χ3n) is 3.41. The van der Waals surface area contributed by atoms with Crippen LogP contribution in [-0.2, 0) is 6.42 Å². The summed E-state index contributed by atoms with van der Waals surface area (Å²) in [6, 6.07) is 9.98. The van der Waals surface area contributed by atoms with E-state index in [1.807, 2.05) is 37.3 Å². The number of nitrogens with one attached hydrogen (secondary N) is 1. The molecule has 1 aromatic carbocycles. The number of hydrogen-bond acceptors (Lipinski definition) is 3. The third-order valence-corrected chi connectivity index (χ3v) is 3.41. The number of amides is 1. The number of hydrogen-bond donors (Lipinski definition) is 1. The van der Waals surface area contributed by atoms with Gasteiger partial charge in [0.1, 0.15) is 11.3 Å². The SMILES string of the molecule is CCc1noc(C)c1C(=O)N[C@@H](CC)c1ccccc1. The van der Waals surface area contributed by atoms with Crippen molar-refractivity contribution in [1.82, 2.24) is 10.5 Å². The number of aromatic nitrogens is 1. The van der Waals surface area contributed by atoms with Crippen LogP contribution in [0.25, 0.3) is 0 Å². The molecule has 1 aromatic heterocycles. The molecule has 2 rings (SSSR count). The largest absolute Gasteiger partial charge is 0.361 e. The average molecular weight is 272 g/mol. The molecule has 0 fully saturated rings. The van der Waals surface area contributed by atoms with Crippen LogP contribution in [0.4, 0.5) is 0 Å². The summed E-state index contributed by atoms with van der Waals surface area (Å²) >= 11 is 0. The Balaban J connectivity index is 2.20. The predicted octanol–water partition coefficient (Wildman–Crippen LogP) is 3.43. The Morgan fingerprint density at radius 2 is 2.00 bits per heavy atom. The molecule has 0 saturated heterocycles. The first-order valence-corrected chi connectivity index (χ1v) is 6.98. The van der Waals surface area contributed by atoms with Gasteiger partial charge < -0.3 is 9.84 Å². The summed E-state index contributed by atoms with van der Waals surface area (Å²) in [5.41, 5.74) is 2.39. The van der Waals surface area contributed by atoms with E-state index in [0.717, 1.165) is 12.0 Å². The first-order chi connectivity index (χ1) is 9.67. The highest BCUT2D eigenvalue weighted by Crippen LogP contribution is 2.19. The molecule has 0 radical (unpaired) electrons. The fourth-order valence-electron chi connectivity index (χ4n) is 2.29. The molecule has 1 amide bonds. The van der Waals surface area contributed by atoms with Crippen LogP contribution in [0.15, 0.2) is 34.9 Å². The van der Waals surface area contributed by atoms with Gasteiger partial charge in [0.2, 0.25) is 0 Å². The number of rotatable bonds is 5. The molecule has 4 nitrogen and oxygen atoms in total. The Bertz CT molecular complexity index is 575. The lowest BCUT2D eigenvalue weighted by atomic mass is 10.0. The average Bonchev–Trinajstić information content (AvgIpc) is 2.86. The van der Waals surface area contributed by atoms with Gasteiger partial charge in [-0.3, -0.25) is 4.79 Å². The zero-order valence-electron chi connectivity index (χ0n) is 12.1. The second-order valence-electron chi connectivity index (χ2n) is 4.76. The lowest BCUT2D eigenvalue weighted by Crippen LogP contribution is -2.29. The molecular formula is C16H20N2O2. The quantitative estimate of drug-likeness (QED) is 0.907. The summed E-state index contributed by atoms with van der Waals surface area (Å²) in [5, 5.41) is 6.99. The Morgan fingerprint density at radius 1 is 1.30 bits per heavy atom. The lowest BCUT2D eigenvalue weighted by Gasteiger charge is -2.17. The Morgan fingerprint density at radius 3 is 2.60 bits per heavy atom. The summed E-state index contributed by atoms with van der Waals surface area (Å²) in [4.78, 5) is 12.4. The molecule has 0 spiro atoms. The number of nitrogens with zero attached hydrogens (tertiary/aromatic N) is 1. The Hall–Kier alpha value is -2.10. The molecule has 1 N–H and O–H groups in total. The van der Waals surface area contributed by atoms with Crippen molar-refractivity contribution in [3.8, 4) is 0 Å². The molecular weight excluding hydrogens is 252 g/mol. The van der Waals surface area contributed by atoms with Gasteiger partial charge >= 0.3 is 0 Å². The van der Waals surface area contributed by atoms with Gasteiger partial charge in [-0.2, -0.15) is 0 Å². The van der Waals surface area contributed by atoms with E-state index in [0.29, 0.717) is 23.4 Å². The van der Waals surface area contributed by atoms with E-state index in [1.54, 1.807) is 6.92 Å². The fraction of sp³-hybridized carbons (Fsp3) is 0.375. The maximum absolute atomic E-state index is 12.4. The van der Waals surface area contributed by atoms with Crippen LogP contribution in [0.3, 0.4) is 0 Å². The molecule has 1 atom stereocenters. The third kappa shape index (κ3) is 2.90. The zero-order chi connectivity index (χ0) is 14.5. The summed E-state index contributed by atoms with van der Waals surface area (Å²) in [6.45, 7) is 5.78. The molecule has 20 heavy (non-hydrogen) atoms. The van der Waals surface area contributed by atoms with Crippen molar-refractivity contribution in [3.63, 3.8) is 0 Å². The van der Waals surface area contributed by atoms with Gasteiger partial charge in [-0.15, -0.1) is 0 Å². The first-order valence-electron chi connectivity index (χ1n) is 6.98. The van der Waals surface area contributed by atoms with Crippen LogP contribution in [-0.4, -0.2) is 11.1 Å². The molecule has 0 unspecified atom stereocenters. The van der Waals surface area contributed by atoms with Crippen LogP contribution >= 0.6 is 0 Å². The van der Waals surface area contributed by atoms with Crippen molar-refractivity contribution in [2.75, 3.05) is 0 Å². The summed E-state index contributed by atoms with van der Waals surface area (Å²) in [6.07, 6.45) is 1.52. The molecule has 0 aliphatic carbocycles. The van der Waals surface area contributed by atoms with Gasteiger partial charge in [0.15, 0.2) is 0 Å². The zero-order valence-corrected chi connectivity index (χ0v) is 12.1. The maximum Gasteiger partial charge on any atom is 0.257 e. The minimum absolute atomic E-state index is 0.00251. The van der Waals surface area contributed by atoms with Crippen LogP contribution in [0.1, 0.15) is 53.7 Å². The van der Waals surface area contributed by atoms with Crippen molar-refractivity contribution < 1.29 is 9.32 Å². The van der Waals surface area contributed by atoms with Gasteiger partial charge in [-0.25, -0.2) is 0 Å². The predicted molar refractivity (Wildman–Crippen MR) is 77.6 cm³/mol.